The summed E-state index contributed by atoms with van der Waals surface area (Å²) in [5.74, 6) is -0.322. The minimum atomic E-state index is -0.225. The summed E-state index contributed by atoms with van der Waals surface area (Å²) >= 11 is 0. The number of nitrogens with one attached hydrogen (secondary N) is 1. The summed E-state index contributed by atoms with van der Waals surface area (Å²) in [6.07, 6.45) is 9.99. The number of hydrogen-bond acceptors (Lipinski definition) is 5. The van der Waals surface area contributed by atoms with Crippen LogP contribution in [-0.4, -0.2) is 25.1 Å². The highest BCUT2D eigenvalue weighted by molar-refractivity contribution is 5.69. The molecule has 0 aliphatic heterocycles. The number of rotatable bonds is 15. The van der Waals surface area contributed by atoms with Gasteiger partial charge >= 0.3 is 11.9 Å². The van der Waals surface area contributed by atoms with Crippen LogP contribution in [0, 0.1) is 0 Å². The lowest BCUT2D eigenvalue weighted by Crippen LogP contribution is -2.20. The smallest absolute Gasteiger partial charge is 0.324 e. The van der Waals surface area contributed by atoms with Crippen molar-refractivity contribution >= 4 is 11.9 Å². The van der Waals surface area contributed by atoms with Gasteiger partial charge in [-0.25, -0.2) is 0 Å². The highest BCUT2D eigenvalue weighted by atomic mass is 16.7. The molecule has 0 saturated heterocycles. The van der Waals surface area contributed by atoms with Crippen LogP contribution in [0.1, 0.15) is 84.5 Å². The molecule has 0 rings (SSSR count). The van der Waals surface area contributed by atoms with E-state index in [0.717, 1.165) is 38.5 Å². The Morgan fingerprint density at radius 2 is 1.41 bits per heavy atom. The SMILES string of the molecule is CCCCCCCC(=O)OCCCCCC(=O)ONCCC. The Kier molecular flexibility index (Phi) is 15.5. The summed E-state index contributed by atoms with van der Waals surface area (Å²) in [5, 5.41) is 0. The number of hydrogen-bond donors (Lipinski definition) is 1. The van der Waals surface area contributed by atoms with Crippen LogP contribution in [-0.2, 0) is 19.2 Å². The maximum Gasteiger partial charge on any atom is 0.324 e. The van der Waals surface area contributed by atoms with Gasteiger partial charge in [0.1, 0.15) is 0 Å². The molecule has 0 atom stereocenters. The number of unbranched alkanes of at least 4 members (excludes halogenated alkanes) is 6. The molecule has 5 nitrogen and oxygen atoms in total. The first-order chi connectivity index (χ1) is 10.7. The second kappa shape index (κ2) is 16.3. The van der Waals surface area contributed by atoms with Crippen molar-refractivity contribution in [2.24, 2.45) is 0 Å². The fourth-order valence-electron chi connectivity index (χ4n) is 1.96. The molecule has 0 aliphatic carbocycles. The van der Waals surface area contributed by atoms with Crippen LogP contribution < -0.4 is 5.48 Å². The van der Waals surface area contributed by atoms with Crippen molar-refractivity contribution in [2.75, 3.05) is 13.2 Å². The fourth-order valence-corrected chi connectivity index (χ4v) is 1.96. The van der Waals surface area contributed by atoms with E-state index >= 15 is 0 Å². The maximum absolute atomic E-state index is 11.5. The van der Waals surface area contributed by atoms with E-state index in [2.05, 4.69) is 12.4 Å². The van der Waals surface area contributed by atoms with E-state index in [0.29, 0.717) is 26.0 Å². The molecule has 0 aromatic heterocycles. The summed E-state index contributed by atoms with van der Waals surface area (Å²) < 4.78 is 5.17. The molecule has 0 amide bonds. The molecule has 0 unspecified atom stereocenters. The summed E-state index contributed by atoms with van der Waals surface area (Å²) in [4.78, 5) is 27.6. The monoisotopic (exact) mass is 315 g/mol. The molecule has 0 saturated carbocycles. The third-order valence-corrected chi connectivity index (χ3v) is 3.31. The van der Waals surface area contributed by atoms with Gasteiger partial charge in [0, 0.05) is 19.4 Å². The quantitative estimate of drug-likeness (QED) is 0.282. The van der Waals surface area contributed by atoms with E-state index < -0.39 is 0 Å². The van der Waals surface area contributed by atoms with E-state index in [1.165, 1.54) is 19.3 Å². The Labute approximate surface area is 135 Å². The van der Waals surface area contributed by atoms with Crippen molar-refractivity contribution in [1.29, 1.82) is 0 Å². The van der Waals surface area contributed by atoms with Crippen LogP contribution in [0.4, 0.5) is 0 Å². The van der Waals surface area contributed by atoms with Crippen LogP contribution in [0.25, 0.3) is 0 Å². The summed E-state index contributed by atoms with van der Waals surface area (Å²) in [5.41, 5.74) is 2.62. The van der Waals surface area contributed by atoms with Gasteiger partial charge in [0.25, 0.3) is 0 Å². The van der Waals surface area contributed by atoms with Gasteiger partial charge in [-0.3, -0.25) is 9.59 Å². The lowest BCUT2D eigenvalue weighted by atomic mass is 10.1. The molecule has 0 bridgehead atoms. The van der Waals surface area contributed by atoms with Gasteiger partial charge in [-0.1, -0.05) is 39.5 Å². The molecule has 0 aliphatic rings. The van der Waals surface area contributed by atoms with Gasteiger partial charge in [-0.2, -0.15) is 5.48 Å². The van der Waals surface area contributed by atoms with Gasteiger partial charge in [-0.05, 0) is 32.1 Å². The Morgan fingerprint density at radius 1 is 0.773 bits per heavy atom. The summed E-state index contributed by atoms with van der Waals surface area (Å²) in [6.45, 7) is 5.32. The average molecular weight is 315 g/mol. The van der Waals surface area contributed by atoms with Crippen molar-refractivity contribution in [1.82, 2.24) is 5.48 Å². The molecule has 22 heavy (non-hydrogen) atoms. The Bertz CT molecular complexity index is 282. The molecule has 5 heteroatoms. The normalized spacial score (nSPS) is 10.5. The Morgan fingerprint density at radius 3 is 2.09 bits per heavy atom. The molecule has 0 radical (unpaired) electrons. The third kappa shape index (κ3) is 15.3. The molecule has 0 heterocycles. The van der Waals surface area contributed by atoms with Gasteiger partial charge in [0.05, 0.1) is 6.61 Å². The highest BCUT2D eigenvalue weighted by Crippen LogP contribution is 2.06. The average Bonchev–Trinajstić information content (AvgIpc) is 2.50. The van der Waals surface area contributed by atoms with E-state index in [1.54, 1.807) is 0 Å². The van der Waals surface area contributed by atoms with Crippen molar-refractivity contribution in [2.45, 2.75) is 84.5 Å². The first-order valence-corrected chi connectivity index (χ1v) is 8.78. The predicted molar refractivity (Wildman–Crippen MR) is 87.2 cm³/mol. The summed E-state index contributed by atoms with van der Waals surface area (Å²) in [6, 6.07) is 0. The minimum absolute atomic E-state index is 0.0975. The molecular weight excluding hydrogens is 282 g/mol. The predicted octanol–water partition coefficient (Wildman–Crippen LogP) is 3.91. The number of ether oxygens (including phenoxy) is 1. The number of esters is 1. The fraction of sp³-hybridized carbons (Fsp3) is 0.882. The maximum atomic E-state index is 11.5. The minimum Gasteiger partial charge on any atom is -0.466 e. The largest absolute Gasteiger partial charge is 0.466 e. The molecule has 0 fully saturated rings. The molecular formula is C17H33NO4. The zero-order valence-electron chi connectivity index (χ0n) is 14.3. The molecule has 1 N–H and O–H groups in total. The van der Waals surface area contributed by atoms with E-state index in [-0.39, 0.29) is 11.9 Å². The van der Waals surface area contributed by atoms with Crippen molar-refractivity contribution in [3.05, 3.63) is 0 Å². The van der Waals surface area contributed by atoms with Gasteiger partial charge < -0.3 is 9.57 Å². The first kappa shape index (κ1) is 20.9. The summed E-state index contributed by atoms with van der Waals surface area (Å²) in [7, 11) is 0. The Hall–Kier alpha value is -1.10. The molecule has 130 valence electrons. The lowest BCUT2D eigenvalue weighted by molar-refractivity contribution is -0.151. The number of hydroxylamine groups is 1. The second-order valence-corrected chi connectivity index (χ2v) is 5.56. The Balaban J connectivity index is 3.27. The second-order valence-electron chi connectivity index (χ2n) is 5.56. The van der Waals surface area contributed by atoms with Gasteiger partial charge in [0.15, 0.2) is 0 Å². The topological polar surface area (TPSA) is 64.6 Å². The standard InChI is InChI=1S/C17H33NO4/c1-3-5-6-7-9-12-16(19)21-15-11-8-10-13-17(20)22-18-14-4-2/h18H,3-15H2,1-2H3. The van der Waals surface area contributed by atoms with E-state index in [4.69, 9.17) is 9.57 Å². The van der Waals surface area contributed by atoms with E-state index in [9.17, 15) is 9.59 Å². The zero-order valence-corrected chi connectivity index (χ0v) is 14.3. The van der Waals surface area contributed by atoms with Crippen molar-refractivity contribution < 1.29 is 19.2 Å². The zero-order chi connectivity index (χ0) is 16.5. The van der Waals surface area contributed by atoms with Crippen LogP contribution in [0.3, 0.4) is 0 Å². The molecule has 0 spiro atoms. The van der Waals surface area contributed by atoms with Crippen LogP contribution >= 0.6 is 0 Å². The van der Waals surface area contributed by atoms with Crippen molar-refractivity contribution in [3.63, 3.8) is 0 Å². The van der Waals surface area contributed by atoms with Gasteiger partial charge in [-0.15, -0.1) is 0 Å². The lowest BCUT2D eigenvalue weighted by Gasteiger charge is -2.06. The number of carbonyl (C=O) groups is 2. The van der Waals surface area contributed by atoms with Crippen LogP contribution in [0.2, 0.25) is 0 Å². The first-order valence-electron chi connectivity index (χ1n) is 8.78. The highest BCUT2D eigenvalue weighted by Gasteiger charge is 2.04. The van der Waals surface area contributed by atoms with Gasteiger partial charge in [0.2, 0.25) is 0 Å². The van der Waals surface area contributed by atoms with Crippen molar-refractivity contribution in [3.8, 4) is 0 Å². The molecule has 0 aromatic rings. The third-order valence-electron chi connectivity index (χ3n) is 3.31. The van der Waals surface area contributed by atoms with E-state index in [1.807, 2.05) is 6.92 Å². The van der Waals surface area contributed by atoms with Crippen LogP contribution in [0.15, 0.2) is 0 Å². The molecule has 0 aromatic carbocycles. The number of carbonyl (C=O) groups excluding carboxylic acids is 2. The van der Waals surface area contributed by atoms with Crippen LogP contribution in [0.5, 0.6) is 0 Å².